The maximum atomic E-state index is 6.11. The second kappa shape index (κ2) is 5.00. The summed E-state index contributed by atoms with van der Waals surface area (Å²) in [4.78, 5) is 2.48. The van der Waals surface area contributed by atoms with Crippen LogP contribution in [-0.2, 0) is 9.47 Å². The van der Waals surface area contributed by atoms with Crippen LogP contribution in [0.1, 0.15) is 19.8 Å². The number of likely N-dealkylation sites (tertiary alicyclic amines) is 1. The molecule has 0 bridgehead atoms. The van der Waals surface area contributed by atoms with Crippen molar-refractivity contribution in [2.45, 2.75) is 31.9 Å². The molecule has 2 saturated heterocycles. The number of nitrogens with zero attached hydrogens (tertiary/aromatic N) is 1. The van der Waals surface area contributed by atoms with E-state index in [9.17, 15) is 0 Å². The summed E-state index contributed by atoms with van der Waals surface area (Å²) in [5.74, 6) is 0. The van der Waals surface area contributed by atoms with Crippen molar-refractivity contribution in [2.24, 2.45) is 11.1 Å². The lowest BCUT2D eigenvalue weighted by Gasteiger charge is -2.38. The maximum Gasteiger partial charge on any atom is 0.0698 e. The van der Waals surface area contributed by atoms with Gasteiger partial charge >= 0.3 is 0 Å². The molecule has 0 aliphatic carbocycles. The molecule has 2 aliphatic heterocycles. The van der Waals surface area contributed by atoms with Gasteiger partial charge in [0.05, 0.1) is 19.3 Å². The first kappa shape index (κ1) is 12.3. The minimum Gasteiger partial charge on any atom is -0.380 e. The lowest BCUT2D eigenvalue weighted by Crippen LogP contribution is -2.50. The molecule has 0 amide bonds. The Bertz CT molecular complexity index is 237. The van der Waals surface area contributed by atoms with Crippen LogP contribution in [0.5, 0.6) is 0 Å². The summed E-state index contributed by atoms with van der Waals surface area (Å²) in [7, 11) is 1.81. The highest BCUT2D eigenvalue weighted by atomic mass is 16.5. The smallest absolute Gasteiger partial charge is 0.0698 e. The van der Waals surface area contributed by atoms with Gasteiger partial charge in [-0.3, -0.25) is 0 Å². The van der Waals surface area contributed by atoms with Gasteiger partial charge in [0.2, 0.25) is 0 Å². The van der Waals surface area contributed by atoms with Crippen LogP contribution in [0.25, 0.3) is 0 Å². The highest BCUT2D eigenvalue weighted by molar-refractivity contribution is 4.93. The first-order chi connectivity index (χ1) is 7.64. The zero-order valence-corrected chi connectivity index (χ0v) is 10.4. The van der Waals surface area contributed by atoms with E-state index in [0.717, 1.165) is 19.7 Å². The van der Waals surface area contributed by atoms with Crippen molar-refractivity contribution in [3.8, 4) is 0 Å². The summed E-state index contributed by atoms with van der Waals surface area (Å²) in [5.41, 5.74) is 6.24. The van der Waals surface area contributed by atoms with Crippen molar-refractivity contribution in [3.63, 3.8) is 0 Å². The summed E-state index contributed by atoms with van der Waals surface area (Å²) < 4.78 is 10.9. The number of rotatable bonds is 3. The zero-order valence-electron chi connectivity index (χ0n) is 10.4. The van der Waals surface area contributed by atoms with E-state index in [-0.39, 0.29) is 11.5 Å². The number of methoxy groups -OCH3 is 1. The van der Waals surface area contributed by atoms with Crippen LogP contribution in [0.15, 0.2) is 0 Å². The van der Waals surface area contributed by atoms with E-state index in [2.05, 4.69) is 11.8 Å². The SMILES string of the molecule is COC1CCCN(CC2(C)COCC2N)C1. The molecule has 4 nitrogen and oxygen atoms in total. The quantitative estimate of drug-likeness (QED) is 0.762. The summed E-state index contributed by atoms with van der Waals surface area (Å²) in [6, 6.07) is 0.176. The Hall–Kier alpha value is -0.160. The predicted octanol–water partition coefficient (Wildman–Crippen LogP) is 0.461. The van der Waals surface area contributed by atoms with E-state index in [4.69, 9.17) is 15.2 Å². The molecule has 3 unspecified atom stereocenters. The van der Waals surface area contributed by atoms with Gasteiger partial charge in [-0.15, -0.1) is 0 Å². The fraction of sp³-hybridized carbons (Fsp3) is 1.00. The monoisotopic (exact) mass is 228 g/mol. The average Bonchev–Trinajstić information content (AvgIpc) is 2.59. The number of piperidine rings is 1. The third kappa shape index (κ3) is 2.56. The Morgan fingerprint density at radius 3 is 3.00 bits per heavy atom. The molecule has 2 heterocycles. The van der Waals surface area contributed by atoms with E-state index in [0.29, 0.717) is 12.7 Å². The van der Waals surface area contributed by atoms with Crippen LogP contribution >= 0.6 is 0 Å². The molecule has 94 valence electrons. The second-order valence-electron chi connectivity index (χ2n) is 5.51. The van der Waals surface area contributed by atoms with Gasteiger partial charge in [-0.1, -0.05) is 6.92 Å². The molecule has 16 heavy (non-hydrogen) atoms. The van der Waals surface area contributed by atoms with Crippen molar-refractivity contribution in [2.75, 3.05) is 40.0 Å². The van der Waals surface area contributed by atoms with E-state index in [1.807, 2.05) is 0 Å². The molecular formula is C12H24N2O2. The molecule has 0 spiro atoms. The molecule has 3 atom stereocenters. The first-order valence-corrected chi connectivity index (χ1v) is 6.22. The van der Waals surface area contributed by atoms with E-state index >= 15 is 0 Å². The fourth-order valence-electron chi connectivity index (χ4n) is 2.75. The first-order valence-electron chi connectivity index (χ1n) is 6.22. The minimum absolute atomic E-state index is 0.121. The molecule has 2 rings (SSSR count). The zero-order chi connectivity index (χ0) is 11.6. The van der Waals surface area contributed by atoms with Gasteiger partial charge in [0.15, 0.2) is 0 Å². The van der Waals surface area contributed by atoms with Crippen LogP contribution in [0.2, 0.25) is 0 Å². The highest BCUT2D eigenvalue weighted by Crippen LogP contribution is 2.29. The van der Waals surface area contributed by atoms with Gasteiger partial charge in [0.1, 0.15) is 0 Å². The Morgan fingerprint density at radius 1 is 1.56 bits per heavy atom. The Balaban J connectivity index is 1.88. The van der Waals surface area contributed by atoms with Gasteiger partial charge in [0.25, 0.3) is 0 Å². The Morgan fingerprint density at radius 2 is 2.38 bits per heavy atom. The van der Waals surface area contributed by atoms with Crippen molar-refractivity contribution in [1.82, 2.24) is 4.90 Å². The summed E-state index contributed by atoms with van der Waals surface area (Å²) in [5, 5.41) is 0. The summed E-state index contributed by atoms with van der Waals surface area (Å²) in [6.07, 6.45) is 2.81. The summed E-state index contributed by atoms with van der Waals surface area (Å²) >= 11 is 0. The average molecular weight is 228 g/mol. The second-order valence-corrected chi connectivity index (χ2v) is 5.51. The van der Waals surface area contributed by atoms with Crippen molar-refractivity contribution in [3.05, 3.63) is 0 Å². The largest absolute Gasteiger partial charge is 0.380 e. The minimum atomic E-state index is 0.121. The third-order valence-electron chi connectivity index (χ3n) is 4.00. The lowest BCUT2D eigenvalue weighted by atomic mass is 9.84. The normalized spacial score (nSPS) is 41.4. The lowest BCUT2D eigenvalue weighted by molar-refractivity contribution is 0.0131. The van der Waals surface area contributed by atoms with E-state index < -0.39 is 0 Å². The van der Waals surface area contributed by atoms with Crippen LogP contribution < -0.4 is 5.73 Å². The van der Waals surface area contributed by atoms with Crippen molar-refractivity contribution < 1.29 is 9.47 Å². The van der Waals surface area contributed by atoms with Gasteiger partial charge in [-0.25, -0.2) is 0 Å². The van der Waals surface area contributed by atoms with Crippen LogP contribution in [0.3, 0.4) is 0 Å². The molecule has 2 fully saturated rings. The van der Waals surface area contributed by atoms with Gasteiger partial charge in [-0.2, -0.15) is 0 Å². The Kier molecular flexibility index (Phi) is 3.85. The molecular weight excluding hydrogens is 204 g/mol. The number of hydrogen-bond donors (Lipinski definition) is 1. The molecule has 0 saturated carbocycles. The third-order valence-corrected chi connectivity index (χ3v) is 4.00. The molecule has 0 aromatic heterocycles. The fourth-order valence-corrected chi connectivity index (χ4v) is 2.75. The van der Waals surface area contributed by atoms with E-state index in [1.165, 1.54) is 19.4 Å². The highest BCUT2D eigenvalue weighted by Gasteiger charge is 2.39. The standard InChI is InChI=1S/C12H24N2O2/c1-12(9-16-7-11(12)13)8-14-5-3-4-10(6-14)15-2/h10-11H,3-9,13H2,1-2H3. The van der Waals surface area contributed by atoms with Gasteiger partial charge in [-0.05, 0) is 19.4 Å². The summed E-state index contributed by atoms with van der Waals surface area (Å²) in [6.45, 7) is 6.98. The molecule has 2 N–H and O–H groups in total. The van der Waals surface area contributed by atoms with E-state index in [1.54, 1.807) is 7.11 Å². The number of nitrogens with two attached hydrogens (primary N) is 1. The molecule has 0 aromatic rings. The van der Waals surface area contributed by atoms with Crippen molar-refractivity contribution >= 4 is 0 Å². The predicted molar refractivity (Wildman–Crippen MR) is 63.4 cm³/mol. The van der Waals surface area contributed by atoms with Crippen LogP contribution in [-0.4, -0.2) is 57.0 Å². The van der Waals surface area contributed by atoms with Crippen LogP contribution in [0, 0.1) is 5.41 Å². The number of ether oxygens (including phenoxy) is 2. The van der Waals surface area contributed by atoms with Gasteiger partial charge in [0, 0.05) is 31.7 Å². The molecule has 0 radical (unpaired) electrons. The molecule has 0 aromatic carbocycles. The number of hydrogen-bond acceptors (Lipinski definition) is 4. The molecule has 2 aliphatic rings. The molecule has 4 heteroatoms. The topological polar surface area (TPSA) is 47.7 Å². The maximum absolute atomic E-state index is 6.11. The van der Waals surface area contributed by atoms with Crippen molar-refractivity contribution in [1.29, 1.82) is 0 Å². The van der Waals surface area contributed by atoms with Crippen LogP contribution in [0.4, 0.5) is 0 Å². The van der Waals surface area contributed by atoms with Gasteiger partial charge < -0.3 is 20.1 Å². The Labute approximate surface area is 98.1 Å².